The normalized spacial score (nSPS) is 17.1. The number of hydrogen-bond acceptors (Lipinski definition) is 8. The highest BCUT2D eigenvalue weighted by Gasteiger charge is 2.97. The van der Waals surface area contributed by atoms with Crippen molar-refractivity contribution in [2.45, 2.75) is 133 Å². The van der Waals surface area contributed by atoms with Gasteiger partial charge in [-0.2, -0.15) is 166 Å². The van der Waals surface area contributed by atoms with Gasteiger partial charge in [-0.05, 0) is 12.8 Å². The molecule has 0 aliphatic rings. The molecule has 44 heteroatoms. The largest absolute Gasteiger partial charge is 0.460 e. The Kier molecular flexibility index (Phi) is 19.6. The van der Waals surface area contributed by atoms with Gasteiger partial charge in [-0.3, -0.25) is 8.37 Å². The molecule has 0 aromatic rings. The van der Waals surface area contributed by atoms with Crippen molar-refractivity contribution in [1.82, 2.24) is 0 Å². The van der Waals surface area contributed by atoms with E-state index in [2.05, 4.69) is 17.8 Å². The van der Waals surface area contributed by atoms with Crippen LogP contribution in [0.25, 0.3) is 0 Å². The van der Waals surface area contributed by atoms with Crippen LogP contribution >= 0.6 is 0 Å². The molecule has 0 saturated carbocycles. The van der Waals surface area contributed by atoms with Crippen LogP contribution in [0.4, 0.5) is 149 Å². The van der Waals surface area contributed by atoms with Gasteiger partial charge in [0.25, 0.3) is 20.2 Å². The highest BCUT2D eigenvalue weighted by molar-refractivity contribution is 7.86. The zero-order chi connectivity index (χ0) is 58.6. The van der Waals surface area contributed by atoms with Crippen LogP contribution in [0.1, 0.15) is 25.7 Å². The molecule has 8 nitrogen and oxygen atoms in total. The van der Waals surface area contributed by atoms with Gasteiger partial charge in [0.2, 0.25) is 0 Å². The van der Waals surface area contributed by atoms with E-state index in [-0.39, 0.29) is 12.5 Å². The summed E-state index contributed by atoms with van der Waals surface area (Å²) >= 11 is 0. The second-order valence-corrected chi connectivity index (χ2v) is 17.5. The first-order chi connectivity index (χ1) is 30.9. The van der Waals surface area contributed by atoms with Crippen molar-refractivity contribution in [2.75, 3.05) is 38.9 Å². The van der Waals surface area contributed by atoms with E-state index < -0.39 is 180 Å². The van der Waals surface area contributed by atoms with E-state index in [9.17, 15) is 166 Å². The zero-order valence-corrected chi connectivity index (χ0v) is 35.4. The fraction of sp³-hybridized carbons (Fsp3) is 1.00. The van der Waals surface area contributed by atoms with Crippen molar-refractivity contribution in [3.05, 3.63) is 0 Å². The molecule has 0 bridgehead atoms. The van der Waals surface area contributed by atoms with Gasteiger partial charge in [0.05, 0.1) is 25.7 Å². The second-order valence-electron chi connectivity index (χ2n) is 14.3. The van der Waals surface area contributed by atoms with Crippen molar-refractivity contribution in [3.63, 3.8) is 0 Å². The second kappa shape index (κ2) is 20.4. The predicted octanol–water partition coefficient (Wildman–Crippen LogP) is 11.3. The molecule has 2 atom stereocenters. The monoisotopic (exact) mass is 1200 g/mol. The Morgan fingerprint density at radius 3 is 0.667 bits per heavy atom. The average molecular weight is 1200 g/mol. The zero-order valence-electron chi connectivity index (χ0n) is 33.7. The molecular formula is C28H24F34O8S2. The Morgan fingerprint density at radius 2 is 0.486 bits per heavy atom. The smallest absolute Gasteiger partial charge is 0.379 e. The van der Waals surface area contributed by atoms with Crippen LogP contribution in [0.15, 0.2) is 0 Å². The van der Waals surface area contributed by atoms with Crippen LogP contribution in [0.5, 0.6) is 0 Å². The topological polar surface area (TPSA) is 105 Å². The van der Waals surface area contributed by atoms with Gasteiger partial charge in [-0.15, -0.1) is 0 Å². The van der Waals surface area contributed by atoms with Crippen LogP contribution < -0.4 is 0 Å². The fourth-order valence-electron chi connectivity index (χ4n) is 4.74. The Balaban J connectivity index is 6.37. The molecule has 0 aliphatic heterocycles. The van der Waals surface area contributed by atoms with Crippen molar-refractivity contribution < 1.29 is 184 Å². The highest BCUT2D eigenvalue weighted by Crippen LogP contribution is 2.66. The summed E-state index contributed by atoms with van der Waals surface area (Å²) in [7, 11) is -10.3. The van der Waals surface area contributed by atoms with E-state index in [0.717, 1.165) is 0 Å². The highest BCUT2D eigenvalue weighted by atomic mass is 32.2. The first kappa shape index (κ1) is 69.4. The summed E-state index contributed by atoms with van der Waals surface area (Å²) in [6, 6.07) is 0. The molecule has 0 aromatic carbocycles. The summed E-state index contributed by atoms with van der Waals surface area (Å²) in [5.74, 6) is -118. The maximum absolute atomic E-state index is 14.2. The molecule has 0 spiro atoms. The minimum atomic E-state index is -8.97. The molecule has 0 N–H and O–H groups in total. The first-order valence-electron chi connectivity index (χ1n) is 17.2. The number of alkyl halides is 34. The summed E-state index contributed by atoms with van der Waals surface area (Å²) in [4.78, 5) is 0. The van der Waals surface area contributed by atoms with Gasteiger partial charge in [0, 0.05) is 26.1 Å². The summed E-state index contributed by atoms with van der Waals surface area (Å²) in [6.07, 6.45) is -32.1. The van der Waals surface area contributed by atoms with Gasteiger partial charge >= 0.3 is 95.3 Å². The molecule has 0 heterocycles. The standard InChI is InChI=1S/C28H24F34O8S2/c1-71(63,64)69-11(9-67-7-3-5-13(29,30)15(33,34)17(37,38)19(41,42)21(45,46)23(49,50)25(53,54)27(57,58)59)12(70-72(2,65)66)10-68-8-4-6-14(31,32)16(35,36)18(39,40)20(43,44)22(47,48)24(51,52)26(55,56)28(60,61)62/h11-12H,3-10H2,1-2H3/t11-,12-/m1/s1. The third-order valence-corrected chi connectivity index (χ3v) is 9.90. The maximum atomic E-state index is 14.2. The van der Waals surface area contributed by atoms with Crippen LogP contribution in [-0.2, 0) is 38.1 Å². The minimum Gasteiger partial charge on any atom is -0.379 e. The van der Waals surface area contributed by atoms with Crippen LogP contribution in [0, 0.1) is 0 Å². The summed E-state index contributed by atoms with van der Waals surface area (Å²) < 4.78 is 522. The molecule has 0 aliphatic carbocycles. The lowest BCUT2D eigenvalue weighted by Gasteiger charge is -2.42. The van der Waals surface area contributed by atoms with Crippen LogP contribution in [0.2, 0.25) is 0 Å². The van der Waals surface area contributed by atoms with Gasteiger partial charge in [-0.1, -0.05) is 0 Å². The fourth-order valence-corrected chi connectivity index (χ4v) is 6.00. The lowest BCUT2D eigenvalue weighted by Crippen LogP contribution is -2.74. The van der Waals surface area contributed by atoms with E-state index in [1.54, 1.807) is 0 Å². The molecule has 0 saturated heterocycles. The maximum Gasteiger partial charge on any atom is 0.460 e. The summed E-state index contributed by atoms with van der Waals surface area (Å²) in [6.45, 7) is -7.35. The van der Waals surface area contributed by atoms with E-state index in [4.69, 9.17) is 0 Å². The van der Waals surface area contributed by atoms with Gasteiger partial charge < -0.3 is 9.47 Å². The molecular weight excluding hydrogens is 1170 g/mol. The Labute approximate surface area is 376 Å². The lowest BCUT2D eigenvalue weighted by molar-refractivity contribution is -0.461. The van der Waals surface area contributed by atoms with Crippen LogP contribution in [-0.4, -0.2) is 163 Å². The van der Waals surface area contributed by atoms with E-state index in [1.165, 1.54) is 0 Å². The average Bonchev–Trinajstić information content (AvgIpc) is 3.13. The van der Waals surface area contributed by atoms with Gasteiger partial charge in [-0.25, -0.2) is 0 Å². The number of hydrogen-bond donors (Lipinski definition) is 0. The number of rotatable bonds is 29. The Morgan fingerprint density at radius 1 is 0.306 bits per heavy atom. The van der Waals surface area contributed by atoms with Crippen LogP contribution in [0.3, 0.4) is 0 Å². The lowest BCUT2D eigenvalue weighted by atomic mass is 9.88. The molecule has 0 radical (unpaired) electrons. The van der Waals surface area contributed by atoms with Crippen molar-refractivity contribution in [3.8, 4) is 0 Å². The summed E-state index contributed by atoms with van der Waals surface area (Å²) in [5, 5.41) is 0. The predicted molar refractivity (Wildman–Crippen MR) is 161 cm³/mol. The molecule has 72 heavy (non-hydrogen) atoms. The third-order valence-electron chi connectivity index (χ3n) is 8.71. The van der Waals surface area contributed by atoms with Crippen molar-refractivity contribution in [2.24, 2.45) is 0 Å². The number of ether oxygens (including phenoxy) is 2. The van der Waals surface area contributed by atoms with Crippen molar-refractivity contribution in [1.29, 1.82) is 0 Å². The Bertz CT molecular complexity index is 1900. The summed E-state index contributed by atoms with van der Waals surface area (Å²) in [5.41, 5.74) is 0. The Hall–Kier alpha value is -2.64. The first-order valence-corrected chi connectivity index (χ1v) is 20.9. The number of halogens is 34. The van der Waals surface area contributed by atoms with E-state index in [1.807, 2.05) is 0 Å². The van der Waals surface area contributed by atoms with Crippen molar-refractivity contribution >= 4 is 20.2 Å². The molecule has 0 fully saturated rings. The molecule has 0 aromatic heterocycles. The van der Waals surface area contributed by atoms with Gasteiger partial charge in [0.1, 0.15) is 12.2 Å². The van der Waals surface area contributed by atoms with Gasteiger partial charge in [0.15, 0.2) is 0 Å². The van der Waals surface area contributed by atoms with E-state index >= 15 is 0 Å². The molecule has 0 rings (SSSR count). The SMILES string of the molecule is CS(=O)(=O)O[C@H](COCCCC(F)(F)C(F)(F)C(F)(F)C(F)(F)C(F)(F)C(F)(F)C(F)(F)C(F)(F)F)[C@@H](COCCCC(F)(F)C(F)(F)C(F)(F)C(F)(F)C(F)(F)C(F)(F)C(F)(F)C(F)(F)F)OS(C)(=O)=O. The molecule has 434 valence electrons. The quantitative estimate of drug-likeness (QED) is 0.0414. The minimum absolute atomic E-state index is 0.00102. The third kappa shape index (κ3) is 12.3. The van der Waals surface area contributed by atoms with E-state index in [0.29, 0.717) is 0 Å². The molecule has 0 amide bonds. The molecule has 0 unspecified atom stereocenters.